The number of hydrogen-bond donors (Lipinski definition) is 2. The number of aliphatic hydroxyl groups excluding tert-OH is 1. The van der Waals surface area contributed by atoms with Gasteiger partial charge in [0.15, 0.2) is 5.82 Å². The van der Waals surface area contributed by atoms with E-state index < -0.39 is 12.0 Å². The zero-order chi connectivity index (χ0) is 24.7. The topological polar surface area (TPSA) is 101 Å². The smallest absolute Gasteiger partial charge is 0.216 e. The second kappa shape index (κ2) is 9.59. The molecule has 1 aliphatic carbocycles. The number of anilines is 1. The summed E-state index contributed by atoms with van der Waals surface area (Å²) in [6.45, 7) is 9.68. The summed E-state index contributed by atoms with van der Waals surface area (Å²) in [7, 11) is 1.73. The molecule has 0 amide bonds. The number of hydrogen-bond acceptors (Lipinski definition) is 9. The molecule has 0 radical (unpaired) electrons. The zero-order valence-corrected chi connectivity index (χ0v) is 21.5. The summed E-state index contributed by atoms with van der Waals surface area (Å²) in [5.41, 5.74) is 8.94. The lowest BCUT2D eigenvalue weighted by molar-refractivity contribution is -0.244. The number of aromatic nitrogens is 3. The molecule has 188 valence electrons. The predicted molar refractivity (Wildman–Crippen MR) is 138 cm³/mol. The zero-order valence-electron chi connectivity index (χ0n) is 20.7. The average molecular weight is 499 g/mol. The maximum absolute atomic E-state index is 10.4. The van der Waals surface area contributed by atoms with Crippen LogP contribution in [0.3, 0.4) is 0 Å². The fraction of sp³-hybridized carbons (Fsp3) is 0.520. The average Bonchev–Trinajstić information content (AvgIpc) is 3.41. The Hall–Kier alpha value is -2.37. The van der Waals surface area contributed by atoms with Gasteiger partial charge in [-0.15, -0.1) is 11.8 Å². The number of aliphatic hydroxyl groups is 1. The monoisotopic (exact) mass is 498 g/mol. The van der Waals surface area contributed by atoms with E-state index in [-0.39, 0.29) is 11.2 Å². The van der Waals surface area contributed by atoms with Crippen molar-refractivity contribution in [3.63, 3.8) is 0 Å². The maximum Gasteiger partial charge on any atom is 0.216 e. The van der Waals surface area contributed by atoms with Gasteiger partial charge in [-0.3, -0.25) is 9.80 Å². The molecular formula is C25H34N6O3S. The van der Waals surface area contributed by atoms with Gasteiger partial charge in [-0.05, 0) is 32.9 Å². The highest BCUT2D eigenvalue weighted by atomic mass is 32.2. The third kappa shape index (κ3) is 4.99. The molecule has 0 bridgehead atoms. The lowest BCUT2D eigenvalue weighted by Gasteiger charge is -2.38. The van der Waals surface area contributed by atoms with Gasteiger partial charge in [-0.2, -0.15) is 5.10 Å². The Morgan fingerprint density at radius 2 is 2.03 bits per heavy atom. The van der Waals surface area contributed by atoms with Gasteiger partial charge in [0.1, 0.15) is 17.6 Å². The molecular weight excluding hydrogens is 464 g/mol. The highest BCUT2D eigenvalue weighted by Gasteiger charge is 2.34. The molecule has 35 heavy (non-hydrogen) atoms. The van der Waals surface area contributed by atoms with E-state index in [4.69, 9.17) is 15.2 Å². The first-order valence-corrected chi connectivity index (χ1v) is 12.9. The van der Waals surface area contributed by atoms with E-state index in [9.17, 15) is 5.11 Å². The van der Waals surface area contributed by atoms with Crippen molar-refractivity contribution < 1.29 is 14.6 Å². The van der Waals surface area contributed by atoms with Crippen LogP contribution in [-0.2, 0) is 16.0 Å². The number of thioether (sulfide) groups is 1. The minimum atomic E-state index is -0.889. The molecule has 2 unspecified atom stereocenters. The van der Waals surface area contributed by atoms with Gasteiger partial charge in [-0.1, -0.05) is 18.2 Å². The van der Waals surface area contributed by atoms with Crippen molar-refractivity contribution in [2.24, 2.45) is 5.92 Å². The van der Waals surface area contributed by atoms with Gasteiger partial charge in [0.25, 0.3) is 0 Å². The van der Waals surface area contributed by atoms with Gasteiger partial charge in [0, 0.05) is 49.1 Å². The van der Waals surface area contributed by atoms with Crippen LogP contribution in [0.1, 0.15) is 32.0 Å². The summed E-state index contributed by atoms with van der Waals surface area (Å²) in [4.78, 5) is 9.79. The van der Waals surface area contributed by atoms with Gasteiger partial charge in [-0.25, -0.2) is 9.50 Å². The van der Waals surface area contributed by atoms with Crippen LogP contribution in [0.5, 0.6) is 0 Å². The molecule has 9 nitrogen and oxygen atoms in total. The number of ether oxygens (including phenoxy) is 2. The van der Waals surface area contributed by atoms with Crippen LogP contribution in [0.25, 0.3) is 10.4 Å². The normalized spacial score (nSPS) is 24.4. The number of fused-ring (bicyclic) bond motifs is 2. The lowest BCUT2D eigenvalue weighted by atomic mass is 9.98. The van der Waals surface area contributed by atoms with Crippen LogP contribution in [0.15, 0.2) is 42.5 Å². The first kappa shape index (κ1) is 24.3. The number of nitrogens with two attached hydrogens (primary N) is 1. The van der Waals surface area contributed by atoms with E-state index in [0.717, 1.165) is 55.3 Å². The van der Waals surface area contributed by atoms with Crippen molar-refractivity contribution >= 4 is 28.0 Å². The van der Waals surface area contributed by atoms with E-state index in [2.05, 4.69) is 39.3 Å². The van der Waals surface area contributed by atoms with Gasteiger partial charge in [0.05, 0.1) is 23.7 Å². The van der Waals surface area contributed by atoms with Crippen LogP contribution < -0.4 is 5.73 Å². The number of piperazine rings is 1. The lowest BCUT2D eigenvalue weighted by Crippen LogP contribution is -2.52. The summed E-state index contributed by atoms with van der Waals surface area (Å²) in [5, 5.41) is 15.2. The van der Waals surface area contributed by atoms with E-state index in [1.54, 1.807) is 18.9 Å². The van der Waals surface area contributed by atoms with Gasteiger partial charge < -0.3 is 20.3 Å². The molecule has 1 saturated heterocycles. The third-order valence-corrected chi connectivity index (χ3v) is 7.95. The largest absolute Gasteiger partial charge is 0.500 e. The molecule has 0 aromatic carbocycles. The quantitative estimate of drug-likeness (QED) is 0.582. The van der Waals surface area contributed by atoms with Crippen molar-refractivity contribution in [3.05, 3.63) is 53.7 Å². The summed E-state index contributed by atoms with van der Waals surface area (Å²) in [5.74, 6) is 1.74. The first-order chi connectivity index (χ1) is 16.7. The molecule has 10 heteroatoms. The molecule has 2 aromatic heterocycles. The number of rotatable bonds is 6. The van der Waals surface area contributed by atoms with Crippen LogP contribution in [-0.4, -0.2) is 80.1 Å². The van der Waals surface area contributed by atoms with Crippen LogP contribution in [0, 0.1) is 5.92 Å². The second-order valence-corrected chi connectivity index (χ2v) is 11.3. The molecule has 4 heterocycles. The molecule has 1 fully saturated rings. The van der Waals surface area contributed by atoms with Crippen LogP contribution in [0.4, 0.5) is 5.82 Å². The Bertz CT molecular complexity index is 1180. The van der Waals surface area contributed by atoms with E-state index in [1.807, 2.05) is 36.3 Å². The highest BCUT2D eigenvalue weighted by Crippen LogP contribution is 2.49. The summed E-state index contributed by atoms with van der Waals surface area (Å²) in [6, 6.07) is 2.19. The van der Waals surface area contributed by atoms with E-state index in [0.29, 0.717) is 5.82 Å². The van der Waals surface area contributed by atoms with Crippen molar-refractivity contribution in [1.82, 2.24) is 24.4 Å². The number of allylic oxidation sites excluding steroid dienone is 4. The molecule has 2 aliphatic heterocycles. The molecule has 3 atom stereocenters. The highest BCUT2D eigenvalue weighted by molar-refractivity contribution is 8.09. The van der Waals surface area contributed by atoms with E-state index in [1.165, 1.54) is 11.2 Å². The second-order valence-electron chi connectivity index (χ2n) is 10.1. The SMILES string of the molecule is COC1=CC=CC2C=C(c3cc(CN4CCN([C@H](O)OC(C)(C)C)CC4)n4ncnc(N)c34)SC12. The Morgan fingerprint density at radius 3 is 2.74 bits per heavy atom. The number of methoxy groups -OCH3 is 1. The fourth-order valence-corrected chi connectivity index (χ4v) is 6.24. The van der Waals surface area contributed by atoms with Crippen LogP contribution in [0.2, 0.25) is 0 Å². The minimum Gasteiger partial charge on any atom is -0.500 e. The Labute approximate surface area is 210 Å². The van der Waals surface area contributed by atoms with Crippen molar-refractivity contribution in [2.75, 3.05) is 39.0 Å². The third-order valence-electron chi connectivity index (χ3n) is 6.54. The van der Waals surface area contributed by atoms with Crippen molar-refractivity contribution in [3.8, 4) is 0 Å². The molecule has 0 saturated carbocycles. The van der Waals surface area contributed by atoms with Gasteiger partial charge >= 0.3 is 0 Å². The fourth-order valence-electron chi connectivity index (χ4n) is 4.83. The van der Waals surface area contributed by atoms with Crippen molar-refractivity contribution in [1.29, 1.82) is 0 Å². The number of nitrogen functional groups attached to an aromatic ring is 1. The standard InChI is InChI=1S/C25H34N6O3S/c1-25(2,3)34-24(32)30-10-8-29(9-11-30)14-17-13-18(21-23(26)27-15-28-31(17)21)20-12-16-6-5-7-19(33-4)22(16)35-20/h5-7,12-13,15-16,22,24,32H,8-11,14H2,1-4H3,(H2,26,27,28)/t16?,22?,24-/m1/s1. The molecule has 2 aromatic rings. The Morgan fingerprint density at radius 1 is 1.26 bits per heavy atom. The van der Waals surface area contributed by atoms with E-state index >= 15 is 0 Å². The summed E-state index contributed by atoms with van der Waals surface area (Å²) < 4.78 is 13.3. The first-order valence-electron chi connectivity index (χ1n) is 12.0. The van der Waals surface area contributed by atoms with Crippen molar-refractivity contribution in [2.45, 2.75) is 44.6 Å². The number of nitrogens with zero attached hydrogens (tertiary/aromatic N) is 5. The molecule has 5 rings (SSSR count). The molecule has 3 aliphatic rings. The summed E-state index contributed by atoms with van der Waals surface area (Å²) >= 11 is 1.80. The predicted octanol–water partition coefficient (Wildman–Crippen LogP) is 2.69. The minimum absolute atomic E-state index is 0.235. The van der Waals surface area contributed by atoms with Crippen LogP contribution >= 0.6 is 11.8 Å². The molecule has 0 spiro atoms. The van der Waals surface area contributed by atoms with Gasteiger partial charge in [0.2, 0.25) is 6.41 Å². The molecule has 3 N–H and O–H groups in total. The summed E-state index contributed by atoms with van der Waals surface area (Å²) in [6.07, 6.45) is 9.22. The maximum atomic E-state index is 10.4. The Kier molecular flexibility index (Phi) is 6.67. The Balaban J connectivity index is 1.34.